The maximum Gasteiger partial charge on any atom is 0.251 e. The van der Waals surface area contributed by atoms with Gasteiger partial charge in [-0.3, -0.25) is 9.59 Å². The maximum atomic E-state index is 12.5. The van der Waals surface area contributed by atoms with Crippen molar-refractivity contribution in [2.45, 2.75) is 49.3 Å². The summed E-state index contributed by atoms with van der Waals surface area (Å²) in [4.78, 5) is 26.9. The van der Waals surface area contributed by atoms with E-state index in [1.165, 1.54) is 32.1 Å². The largest absolute Gasteiger partial charge is 0.351 e. The van der Waals surface area contributed by atoms with E-state index in [-0.39, 0.29) is 17.2 Å². The van der Waals surface area contributed by atoms with Gasteiger partial charge in [-0.25, -0.2) is 0 Å². The van der Waals surface area contributed by atoms with E-state index in [4.69, 9.17) is 11.6 Å². The molecule has 0 aromatic heterocycles. The Morgan fingerprint density at radius 3 is 2.50 bits per heavy atom. The lowest BCUT2D eigenvalue weighted by Crippen LogP contribution is -2.28. The van der Waals surface area contributed by atoms with Crippen LogP contribution in [-0.2, 0) is 11.3 Å². The number of nitrogens with one attached hydrogen (secondary N) is 1. The smallest absolute Gasteiger partial charge is 0.251 e. The van der Waals surface area contributed by atoms with E-state index in [2.05, 4.69) is 5.32 Å². The van der Waals surface area contributed by atoms with E-state index in [1.807, 2.05) is 65.2 Å². The summed E-state index contributed by atoms with van der Waals surface area (Å²) in [6.07, 6.45) is 6.69. The number of hydrogen-bond acceptors (Lipinski definition) is 4. The highest BCUT2D eigenvalue weighted by molar-refractivity contribution is 8.00. The summed E-state index contributed by atoms with van der Waals surface area (Å²) >= 11 is 9.60. The fraction of sp³-hybridized carbons (Fsp3) is 0.440. The van der Waals surface area contributed by atoms with E-state index in [0.717, 1.165) is 22.1 Å². The molecule has 2 amide bonds. The number of carbonyl (C=O) groups is 2. The molecule has 2 aromatic rings. The van der Waals surface area contributed by atoms with Crippen LogP contribution in [0.3, 0.4) is 0 Å². The summed E-state index contributed by atoms with van der Waals surface area (Å²) < 4.78 is 0. The summed E-state index contributed by atoms with van der Waals surface area (Å²) in [6.45, 7) is 1.25. The van der Waals surface area contributed by atoms with Crippen LogP contribution in [0.5, 0.6) is 0 Å². The second kappa shape index (κ2) is 11.5. The van der Waals surface area contributed by atoms with E-state index in [0.29, 0.717) is 29.4 Å². The lowest BCUT2D eigenvalue weighted by atomic mass is 10.0. The molecular formula is C25H29ClN2O2S2. The zero-order valence-electron chi connectivity index (χ0n) is 18.1. The first-order chi connectivity index (χ1) is 15.6. The highest BCUT2D eigenvalue weighted by Gasteiger charge is 2.32. The Morgan fingerprint density at radius 2 is 1.78 bits per heavy atom. The first-order valence-electron chi connectivity index (χ1n) is 11.3. The molecule has 1 saturated heterocycles. The molecule has 4 nitrogen and oxygen atoms in total. The van der Waals surface area contributed by atoms with Gasteiger partial charge in [0.25, 0.3) is 5.91 Å². The van der Waals surface area contributed by atoms with Gasteiger partial charge in [0.15, 0.2) is 0 Å². The van der Waals surface area contributed by atoms with Crippen LogP contribution >= 0.6 is 35.1 Å². The van der Waals surface area contributed by atoms with Crippen molar-refractivity contribution in [1.29, 1.82) is 0 Å². The Bertz CT molecular complexity index is 915. The molecule has 1 N–H and O–H groups in total. The molecule has 4 rings (SSSR count). The minimum absolute atomic E-state index is 0.0334. The van der Waals surface area contributed by atoms with Crippen LogP contribution in [0, 0.1) is 0 Å². The molecule has 1 heterocycles. The third-order valence-corrected chi connectivity index (χ3v) is 8.88. The number of benzene rings is 2. The zero-order chi connectivity index (χ0) is 22.3. The summed E-state index contributed by atoms with van der Waals surface area (Å²) in [5.41, 5.74) is 2.76. The Hall–Kier alpha value is -1.63. The summed E-state index contributed by atoms with van der Waals surface area (Å²) in [5.74, 6) is 1.54. The molecule has 0 spiro atoms. The minimum Gasteiger partial charge on any atom is -0.351 e. The maximum absolute atomic E-state index is 12.5. The minimum atomic E-state index is -0.0396. The molecule has 0 radical (unpaired) electrons. The van der Waals surface area contributed by atoms with Crippen LogP contribution < -0.4 is 5.32 Å². The van der Waals surface area contributed by atoms with Gasteiger partial charge in [-0.2, -0.15) is 11.8 Å². The summed E-state index contributed by atoms with van der Waals surface area (Å²) in [5, 5.41) is 4.46. The standard InChI is InChI=1S/C25H29ClN2O2S2/c26-21-12-6-18(7-13-21)16-28-23(29)17-32-25(28)20-10-8-19(9-11-20)24(30)27-14-15-31-22-4-2-1-3-5-22/h6-13,22,25H,1-5,14-17H2,(H,27,30)/t25-/m0/s1. The molecule has 1 saturated carbocycles. The first-order valence-corrected chi connectivity index (χ1v) is 13.7. The number of hydrogen-bond donors (Lipinski definition) is 1. The van der Waals surface area contributed by atoms with Crippen molar-refractivity contribution in [3.05, 3.63) is 70.2 Å². The topological polar surface area (TPSA) is 49.4 Å². The Balaban J connectivity index is 1.30. The van der Waals surface area contributed by atoms with Crippen molar-refractivity contribution >= 4 is 46.9 Å². The number of rotatable bonds is 8. The molecule has 170 valence electrons. The lowest BCUT2D eigenvalue weighted by Gasteiger charge is -2.24. The molecule has 7 heteroatoms. The lowest BCUT2D eigenvalue weighted by molar-refractivity contribution is -0.128. The summed E-state index contributed by atoms with van der Waals surface area (Å²) in [6, 6.07) is 15.3. The first kappa shape index (κ1) is 23.5. The van der Waals surface area contributed by atoms with Crippen molar-refractivity contribution in [3.63, 3.8) is 0 Å². The molecule has 2 fully saturated rings. The average Bonchev–Trinajstić information content (AvgIpc) is 3.19. The van der Waals surface area contributed by atoms with Gasteiger partial charge in [0.05, 0.1) is 5.75 Å². The van der Waals surface area contributed by atoms with Gasteiger partial charge in [-0.15, -0.1) is 11.8 Å². The molecular weight excluding hydrogens is 460 g/mol. The van der Waals surface area contributed by atoms with Crippen molar-refractivity contribution in [2.24, 2.45) is 0 Å². The molecule has 2 aromatic carbocycles. The van der Waals surface area contributed by atoms with Gasteiger partial charge in [0, 0.05) is 34.7 Å². The fourth-order valence-electron chi connectivity index (χ4n) is 4.21. The van der Waals surface area contributed by atoms with Crippen molar-refractivity contribution in [3.8, 4) is 0 Å². The van der Waals surface area contributed by atoms with Crippen LogP contribution in [0.1, 0.15) is 59.0 Å². The van der Waals surface area contributed by atoms with E-state index in [9.17, 15) is 9.59 Å². The number of carbonyl (C=O) groups excluding carboxylic acids is 2. The fourth-order valence-corrected chi connectivity index (χ4v) is 6.74. The molecule has 0 unspecified atom stereocenters. The van der Waals surface area contributed by atoms with Gasteiger partial charge in [-0.05, 0) is 48.2 Å². The number of halogens is 1. The molecule has 1 aliphatic carbocycles. The summed E-state index contributed by atoms with van der Waals surface area (Å²) in [7, 11) is 0. The van der Waals surface area contributed by atoms with Crippen LogP contribution in [0.4, 0.5) is 0 Å². The Labute approximate surface area is 203 Å². The highest BCUT2D eigenvalue weighted by Crippen LogP contribution is 2.39. The molecule has 1 atom stereocenters. The third kappa shape index (κ3) is 6.24. The van der Waals surface area contributed by atoms with E-state index in [1.54, 1.807) is 11.8 Å². The molecule has 1 aliphatic heterocycles. The van der Waals surface area contributed by atoms with Crippen molar-refractivity contribution in [2.75, 3.05) is 18.1 Å². The van der Waals surface area contributed by atoms with Gasteiger partial charge < -0.3 is 10.2 Å². The van der Waals surface area contributed by atoms with Gasteiger partial charge in [0.2, 0.25) is 5.91 Å². The van der Waals surface area contributed by atoms with Crippen molar-refractivity contribution < 1.29 is 9.59 Å². The number of thioether (sulfide) groups is 2. The van der Waals surface area contributed by atoms with E-state index >= 15 is 0 Å². The Kier molecular flexibility index (Phi) is 8.44. The monoisotopic (exact) mass is 488 g/mol. The van der Waals surface area contributed by atoms with Gasteiger partial charge >= 0.3 is 0 Å². The highest BCUT2D eigenvalue weighted by atomic mass is 35.5. The zero-order valence-corrected chi connectivity index (χ0v) is 20.5. The van der Waals surface area contributed by atoms with Gasteiger partial charge in [0.1, 0.15) is 5.37 Å². The quantitative estimate of drug-likeness (QED) is 0.469. The Morgan fingerprint density at radius 1 is 1.06 bits per heavy atom. The SMILES string of the molecule is O=C(NCCSC1CCCCC1)c1ccc([C@@H]2SCC(=O)N2Cc2ccc(Cl)cc2)cc1. The van der Waals surface area contributed by atoms with Crippen LogP contribution in [0.15, 0.2) is 48.5 Å². The molecule has 32 heavy (non-hydrogen) atoms. The third-order valence-electron chi connectivity index (χ3n) is 5.99. The predicted octanol–water partition coefficient (Wildman–Crippen LogP) is 5.91. The van der Waals surface area contributed by atoms with Gasteiger partial charge in [-0.1, -0.05) is 55.1 Å². The van der Waals surface area contributed by atoms with E-state index < -0.39 is 0 Å². The number of amides is 2. The van der Waals surface area contributed by atoms with Crippen LogP contribution in [0.25, 0.3) is 0 Å². The number of nitrogens with zero attached hydrogens (tertiary/aromatic N) is 1. The normalized spacial score (nSPS) is 19.3. The van der Waals surface area contributed by atoms with Crippen molar-refractivity contribution in [1.82, 2.24) is 10.2 Å². The second-order valence-electron chi connectivity index (χ2n) is 8.32. The van der Waals surface area contributed by atoms with Crippen LogP contribution in [0.2, 0.25) is 5.02 Å². The predicted molar refractivity (Wildman–Crippen MR) is 135 cm³/mol. The molecule has 2 aliphatic rings. The van der Waals surface area contributed by atoms with Crippen LogP contribution in [-0.4, -0.2) is 40.0 Å². The second-order valence-corrected chi connectivity index (χ2v) is 11.2. The molecule has 0 bridgehead atoms. The average molecular weight is 489 g/mol.